The molecule has 35 heavy (non-hydrogen) atoms. The van der Waals surface area contributed by atoms with E-state index in [4.69, 9.17) is 17.6 Å². The molecular weight excluding hydrogens is 446 g/mol. The highest BCUT2D eigenvalue weighted by Gasteiger charge is 2.36. The van der Waals surface area contributed by atoms with E-state index in [2.05, 4.69) is 22.6 Å². The fraction of sp³-hybridized carbons (Fsp3) is 0.296. The Kier molecular flexibility index (Phi) is 9.04. The van der Waals surface area contributed by atoms with Gasteiger partial charge in [0.1, 0.15) is 11.6 Å². The number of anilines is 1. The normalized spacial score (nSPS) is 12.3. The van der Waals surface area contributed by atoms with Gasteiger partial charge in [0, 0.05) is 22.9 Å². The molecule has 0 aliphatic heterocycles. The molecule has 2 rings (SSSR count). The predicted octanol–water partition coefficient (Wildman–Crippen LogP) is 2.96. The molecule has 3 amide bonds. The summed E-state index contributed by atoms with van der Waals surface area (Å²) < 4.78 is 5.17. The van der Waals surface area contributed by atoms with E-state index in [-0.39, 0.29) is 0 Å². The summed E-state index contributed by atoms with van der Waals surface area (Å²) in [4.78, 5) is 39.9. The van der Waals surface area contributed by atoms with Crippen LogP contribution in [0.2, 0.25) is 0 Å². The SMILES string of the molecule is C#Cc1ccccc1C(C(=O)Nc1ccccc1C)N(C#C)C(=O)C(CO)NC(=O)OC(C)(C)C. The smallest absolute Gasteiger partial charge is 0.408 e. The minimum Gasteiger partial charge on any atom is -0.444 e. The number of hydrogen-bond acceptors (Lipinski definition) is 5. The van der Waals surface area contributed by atoms with Gasteiger partial charge in [-0.3, -0.25) is 14.5 Å². The minimum atomic E-state index is -1.47. The molecule has 0 radical (unpaired) electrons. The maximum Gasteiger partial charge on any atom is 0.408 e. The van der Waals surface area contributed by atoms with Gasteiger partial charge < -0.3 is 20.5 Å². The zero-order valence-corrected chi connectivity index (χ0v) is 20.2. The van der Waals surface area contributed by atoms with Crippen molar-refractivity contribution < 1.29 is 24.2 Å². The summed E-state index contributed by atoms with van der Waals surface area (Å²) in [5, 5.41) is 14.9. The van der Waals surface area contributed by atoms with Crippen molar-refractivity contribution in [2.45, 2.75) is 45.4 Å². The molecule has 0 aliphatic carbocycles. The van der Waals surface area contributed by atoms with Gasteiger partial charge in [-0.2, -0.15) is 0 Å². The Bertz CT molecular complexity index is 1170. The zero-order chi connectivity index (χ0) is 26.2. The van der Waals surface area contributed by atoms with Crippen molar-refractivity contribution in [3.63, 3.8) is 0 Å². The van der Waals surface area contributed by atoms with Gasteiger partial charge in [-0.25, -0.2) is 4.79 Å². The van der Waals surface area contributed by atoms with E-state index in [1.807, 2.05) is 19.1 Å². The highest BCUT2D eigenvalue weighted by Crippen LogP contribution is 2.27. The summed E-state index contributed by atoms with van der Waals surface area (Å²) >= 11 is 0. The quantitative estimate of drug-likeness (QED) is 0.422. The Morgan fingerprint density at radius 2 is 1.71 bits per heavy atom. The number of amides is 3. The van der Waals surface area contributed by atoms with Crippen LogP contribution in [0.4, 0.5) is 10.5 Å². The van der Waals surface area contributed by atoms with Crippen LogP contribution in [0.3, 0.4) is 0 Å². The first-order valence-corrected chi connectivity index (χ1v) is 10.8. The number of aliphatic hydroxyl groups excluding tert-OH is 1. The number of carbonyl (C=O) groups is 3. The monoisotopic (exact) mass is 475 g/mol. The number of terminal acetylenes is 2. The van der Waals surface area contributed by atoms with Crippen LogP contribution in [0.1, 0.15) is 43.5 Å². The third-order valence-electron chi connectivity index (χ3n) is 4.87. The summed E-state index contributed by atoms with van der Waals surface area (Å²) in [5.74, 6) is 0.986. The van der Waals surface area contributed by atoms with Crippen LogP contribution in [0, 0.1) is 31.7 Å². The van der Waals surface area contributed by atoms with Crippen molar-refractivity contribution in [2.24, 2.45) is 0 Å². The number of nitrogens with one attached hydrogen (secondary N) is 2. The first-order chi connectivity index (χ1) is 16.5. The van der Waals surface area contributed by atoms with Gasteiger partial charge >= 0.3 is 6.09 Å². The zero-order valence-electron chi connectivity index (χ0n) is 20.2. The lowest BCUT2D eigenvalue weighted by molar-refractivity contribution is -0.137. The number of nitrogens with zero attached hydrogens (tertiary/aromatic N) is 1. The Morgan fingerprint density at radius 3 is 2.29 bits per heavy atom. The molecule has 2 aromatic carbocycles. The molecule has 3 N–H and O–H groups in total. The lowest BCUT2D eigenvalue weighted by Gasteiger charge is -2.30. The second-order valence-electron chi connectivity index (χ2n) is 8.66. The Balaban J connectivity index is 2.48. The molecule has 0 spiro atoms. The predicted molar refractivity (Wildman–Crippen MR) is 133 cm³/mol. The van der Waals surface area contributed by atoms with E-state index in [0.29, 0.717) is 16.8 Å². The van der Waals surface area contributed by atoms with E-state index >= 15 is 0 Å². The molecule has 0 aromatic heterocycles. The van der Waals surface area contributed by atoms with Crippen molar-refractivity contribution in [1.29, 1.82) is 0 Å². The van der Waals surface area contributed by atoms with E-state index < -0.39 is 42.2 Å². The number of alkyl carbamates (subject to hydrolysis) is 1. The summed E-state index contributed by atoms with van der Waals surface area (Å²) in [6.45, 7) is 5.99. The van der Waals surface area contributed by atoms with Crippen molar-refractivity contribution >= 4 is 23.6 Å². The third-order valence-corrected chi connectivity index (χ3v) is 4.87. The molecule has 0 saturated heterocycles. The van der Waals surface area contributed by atoms with Crippen LogP contribution in [0.25, 0.3) is 0 Å². The molecule has 2 atom stereocenters. The first kappa shape index (κ1) is 27.0. The lowest BCUT2D eigenvalue weighted by Crippen LogP contribution is -2.52. The van der Waals surface area contributed by atoms with Crippen LogP contribution in [0.5, 0.6) is 0 Å². The van der Waals surface area contributed by atoms with Crippen molar-refractivity contribution in [3.8, 4) is 24.8 Å². The average Bonchev–Trinajstić information content (AvgIpc) is 2.80. The van der Waals surface area contributed by atoms with Crippen LogP contribution in [-0.2, 0) is 14.3 Å². The molecule has 182 valence electrons. The highest BCUT2D eigenvalue weighted by atomic mass is 16.6. The van der Waals surface area contributed by atoms with E-state index in [0.717, 1.165) is 10.5 Å². The number of aliphatic hydroxyl groups is 1. The number of benzene rings is 2. The van der Waals surface area contributed by atoms with E-state index in [9.17, 15) is 19.5 Å². The molecule has 0 bridgehead atoms. The third kappa shape index (κ3) is 7.10. The van der Waals surface area contributed by atoms with Crippen LogP contribution >= 0.6 is 0 Å². The molecule has 0 aliphatic rings. The number of para-hydroxylation sites is 1. The Morgan fingerprint density at radius 1 is 1.09 bits per heavy atom. The van der Waals surface area contributed by atoms with Gasteiger partial charge in [-0.1, -0.05) is 48.7 Å². The fourth-order valence-electron chi connectivity index (χ4n) is 3.25. The van der Waals surface area contributed by atoms with Gasteiger partial charge in [0.15, 0.2) is 6.04 Å². The minimum absolute atomic E-state index is 0.307. The van der Waals surface area contributed by atoms with Crippen LogP contribution in [0.15, 0.2) is 48.5 Å². The second-order valence-corrected chi connectivity index (χ2v) is 8.66. The number of hydrogen-bond donors (Lipinski definition) is 3. The fourth-order valence-corrected chi connectivity index (χ4v) is 3.25. The second kappa shape index (κ2) is 11.7. The summed E-state index contributed by atoms with van der Waals surface area (Å²) in [7, 11) is 0. The topological polar surface area (TPSA) is 108 Å². The van der Waals surface area contributed by atoms with Crippen molar-refractivity contribution in [1.82, 2.24) is 10.2 Å². The van der Waals surface area contributed by atoms with E-state index in [1.54, 1.807) is 57.2 Å². The maximum absolute atomic E-state index is 13.5. The molecule has 0 fully saturated rings. The number of ether oxygens (including phenoxy) is 1. The highest BCUT2D eigenvalue weighted by molar-refractivity contribution is 6.00. The lowest BCUT2D eigenvalue weighted by atomic mass is 9.97. The number of rotatable bonds is 7. The summed E-state index contributed by atoms with van der Waals surface area (Å²) in [5.41, 5.74) is 1.15. The molecule has 2 unspecified atom stereocenters. The summed E-state index contributed by atoms with van der Waals surface area (Å²) in [6.07, 6.45) is 10.4. The maximum atomic E-state index is 13.5. The molecule has 0 heterocycles. The largest absolute Gasteiger partial charge is 0.444 e. The molecule has 8 nitrogen and oxygen atoms in total. The van der Waals surface area contributed by atoms with Gasteiger partial charge in [0.25, 0.3) is 11.8 Å². The molecule has 2 aromatic rings. The van der Waals surface area contributed by atoms with Gasteiger partial charge in [0.05, 0.1) is 6.61 Å². The number of carbonyl (C=O) groups excluding carboxylic acids is 3. The molecule has 0 saturated carbocycles. The summed E-state index contributed by atoms with van der Waals surface area (Å²) in [6, 6.07) is 13.1. The van der Waals surface area contributed by atoms with Crippen LogP contribution < -0.4 is 10.6 Å². The Hall–Kier alpha value is -4.27. The van der Waals surface area contributed by atoms with Gasteiger partial charge in [-0.05, 0) is 45.4 Å². The Labute approximate surface area is 205 Å². The van der Waals surface area contributed by atoms with Crippen molar-refractivity contribution in [3.05, 3.63) is 65.2 Å². The average molecular weight is 476 g/mol. The standard InChI is InChI=1S/C27H29N3O5/c1-7-19-14-10-11-15-20(19)23(24(32)28-21-16-12-9-13-18(21)3)30(8-2)25(33)22(17-31)29-26(34)35-27(4,5)6/h1-2,9-16,22-23,31H,17H2,3-6H3,(H,28,32)(H,29,34). The van der Waals surface area contributed by atoms with Crippen LogP contribution in [-0.4, -0.2) is 46.2 Å². The van der Waals surface area contributed by atoms with Gasteiger partial charge in [0.2, 0.25) is 0 Å². The number of aryl methyl sites for hydroxylation is 1. The molecular formula is C27H29N3O5. The molecule has 8 heteroatoms. The van der Waals surface area contributed by atoms with Gasteiger partial charge in [-0.15, -0.1) is 6.42 Å². The van der Waals surface area contributed by atoms with E-state index in [1.165, 1.54) is 0 Å². The first-order valence-electron chi connectivity index (χ1n) is 10.8. The van der Waals surface area contributed by atoms with Crippen molar-refractivity contribution in [2.75, 3.05) is 11.9 Å².